The maximum Gasteiger partial charge on any atom is 0.522 e. The van der Waals surface area contributed by atoms with E-state index < -0.39 is 49.7 Å². The van der Waals surface area contributed by atoms with Gasteiger partial charge in [-0.3, -0.25) is 14.4 Å². The van der Waals surface area contributed by atoms with Crippen LogP contribution >= 0.6 is 23.2 Å². The zero-order chi connectivity index (χ0) is 24.2. The minimum atomic E-state index is -4.80. The SMILES string of the molecule is O=C(N[C@H]1CC[C@H](c2nnc(OCCOC(F)(F)F)o2)N(C(=O)O)C1)c1ccc(Cl)c(Cl)n1. The maximum absolute atomic E-state index is 12.4. The van der Waals surface area contributed by atoms with Crippen molar-refractivity contribution in [1.29, 1.82) is 0 Å². The number of halogens is 5. The fraction of sp³-hybridized carbons (Fsp3) is 0.471. The normalized spacial score (nSPS) is 18.8. The molecular formula is C17H16Cl2F3N5O6. The standard InChI is InChI=1S/C17H16Cl2F3N5O6/c18-9-2-3-10(24-12(9)19)13(28)23-8-1-4-11(27(7-8)16(29)30)14-25-26-15(33-14)31-5-6-32-17(20,21)22/h2-3,8,11H,1,4-7H2,(H,23,28)(H,29,30)/t8-,11+/m0/s1. The largest absolute Gasteiger partial charge is 0.522 e. The first kappa shape index (κ1) is 24.8. The van der Waals surface area contributed by atoms with Gasteiger partial charge >= 0.3 is 18.5 Å². The first-order chi connectivity index (χ1) is 15.5. The van der Waals surface area contributed by atoms with E-state index in [0.29, 0.717) is 6.42 Å². The number of hydrogen-bond acceptors (Lipinski definition) is 8. The Kier molecular flexibility index (Phi) is 7.81. The van der Waals surface area contributed by atoms with E-state index in [1.165, 1.54) is 12.1 Å². The smallest absolute Gasteiger partial charge is 0.465 e. The van der Waals surface area contributed by atoms with E-state index in [2.05, 4.69) is 25.2 Å². The van der Waals surface area contributed by atoms with Gasteiger partial charge in [0, 0.05) is 12.6 Å². The fourth-order valence-corrected chi connectivity index (χ4v) is 3.32. The van der Waals surface area contributed by atoms with E-state index in [0.717, 1.165) is 4.90 Å². The van der Waals surface area contributed by atoms with Crippen LogP contribution in [0.2, 0.25) is 10.2 Å². The number of amides is 2. The van der Waals surface area contributed by atoms with Crippen molar-refractivity contribution in [3.63, 3.8) is 0 Å². The van der Waals surface area contributed by atoms with Crippen LogP contribution in [-0.4, -0.2) is 69.4 Å². The van der Waals surface area contributed by atoms with Crippen LogP contribution in [0, 0.1) is 0 Å². The Hall–Kier alpha value is -2.84. The molecule has 0 radical (unpaired) electrons. The Morgan fingerprint density at radius 1 is 1.24 bits per heavy atom. The summed E-state index contributed by atoms with van der Waals surface area (Å²) < 4.78 is 49.6. The number of carbonyl (C=O) groups is 2. The average molecular weight is 514 g/mol. The van der Waals surface area contributed by atoms with Crippen molar-refractivity contribution in [1.82, 2.24) is 25.4 Å². The van der Waals surface area contributed by atoms with Crippen molar-refractivity contribution >= 4 is 35.2 Å². The van der Waals surface area contributed by atoms with Gasteiger partial charge in [-0.2, -0.15) is 0 Å². The highest BCUT2D eigenvalue weighted by Gasteiger charge is 2.37. The van der Waals surface area contributed by atoms with E-state index in [1.54, 1.807) is 0 Å². The zero-order valence-electron chi connectivity index (χ0n) is 16.5. The lowest BCUT2D eigenvalue weighted by Crippen LogP contribution is -2.50. The Bertz CT molecular complexity index is 1010. The van der Waals surface area contributed by atoms with E-state index in [4.69, 9.17) is 32.4 Å². The topological polar surface area (TPSA) is 140 Å². The van der Waals surface area contributed by atoms with Crippen LogP contribution in [0.25, 0.3) is 0 Å². The first-order valence-electron chi connectivity index (χ1n) is 9.33. The summed E-state index contributed by atoms with van der Waals surface area (Å²) in [5.74, 6) is -0.656. The number of aromatic nitrogens is 3. The van der Waals surface area contributed by atoms with Gasteiger partial charge in [0.05, 0.1) is 11.6 Å². The third kappa shape index (κ3) is 6.82. The van der Waals surface area contributed by atoms with Crippen LogP contribution < -0.4 is 10.1 Å². The van der Waals surface area contributed by atoms with Crippen LogP contribution in [-0.2, 0) is 4.74 Å². The molecule has 0 bridgehead atoms. The molecule has 3 rings (SSSR count). The van der Waals surface area contributed by atoms with E-state index in [1.807, 2.05) is 0 Å². The summed E-state index contributed by atoms with van der Waals surface area (Å²) in [6.45, 7) is -1.39. The monoisotopic (exact) mass is 513 g/mol. The molecule has 11 nitrogen and oxygen atoms in total. The number of hydrogen-bond donors (Lipinski definition) is 2. The third-order valence-corrected chi connectivity index (χ3v) is 5.17. The van der Waals surface area contributed by atoms with Gasteiger partial charge in [-0.1, -0.05) is 28.3 Å². The number of rotatable bonds is 7. The lowest BCUT2D eigenvalue weighted by Gasteiger charge is -2.36. The van der Waals surface area contributed by atoms with Crippen molar-refractivity contribution in [3.8, 4) is 6.08 Å². The predicted molar refractivity (Wildman–Crippen MR) is 104 cm³/mol. The number of nitrogens with one attached hydrogen (secondary N) is 1. The predicted octanol–water partition coefficient (Wildman–Crippen LogP) is 3.30. The van der Waals surface area contributed by atoms with Crippen LogP contribution in [0.1, 0.15) is 35.3 Å². The third-order valence-electron chi connectivity index (χ3n) is 4.48. The number of nitrogens with zero attached hydrogens (tertiary/aromatic N) is 4. The summed E-state index contributed by atoms with van der Waals surface area (Å²) in [7, 11) is 0. The highest BCUT2D eigenvalue weighted by molar-refractivity contribution is 6.41. The lowest BCUT2D eigenvalue weighted by molar-refractivity contribution is -0.325. The molecule has 0 unspecified atom stereocenters. The fourth-order valence-electron chi connectivity index (χ4n) is 3.06. The Labute approximate surface area is 193 Å². The molecule has 2 aromatic heterocycles. The second kappa shape index (κ2) is 10.4. The van der Waals surface area contributed by atoms with Gasteiger partial charge in [-0.25, -0.2) is 9.78 Å². The number of piperidine rings is 1. The Balaban J connectivity index is 1.59. The van der Waals surface area contributed by atoms with E-state index in [-0.39, 0.29) is 34.7 Å². The molecule has 0 aliphatic carbocycles. The maximum atomic E-state index is 12.4. The minimum Gasteiger partial charge on any atom is -0.465 e. The molecule has 1 saturated heterocycles. The van der Waals surface area contributed by atoms with Crippen molar-refractivity contribution in [2.24, 2.45) is 0 Å². The van der Waals surface area contributed by atoms with Crippen molar-refractivity contribution < 1.29 is 41.8 Å². The van der Waals surface area contributed by atoms with E-state index in [9.17, 15) is 27.9 Å². The second-order valence-corrected chi connectivity index (χ2v) is 7.48. The van der Waals surface area contributed by atoms with Gasteiger partial charge in [0.1, 0.15) is 23.5 Å². The molecule has 1 fully saturated rings. The van der Waals surface area contributed by atoms with Gasteiger partial charge in [0.25, 0.3) is 5.91 Å². The average Bonchev–Trinajstić information content (AvgIpc) is 3.21. The molecule has 2 N–H and O–H groups in total. The van der Waals surface area contributed by atoms with Crippen LogP contribution in [0.5, 0.6) is 6.08 Å². The summed E-state index contributed by atoms with van der Waals surface area (Å²) in [5.41, 5.74) is 0.0154. The lowest BCUT2D eigenvalue weighted by atomic mass is 9.98. The molecule has 0 spiro atoms. The highest BCUT2D eigenvalue weighted by Crippen LogP contribution is 2.31. The zero-order valence-corrected chi connectivity index (χ0v) is 18.0. The number of carbonyl (C=O) groups excluding carboxylic acids is 1. The van der Waals surface area contributed by atoms with Crippen molar-refractivity contribution in [3.05, 3.63) is 33.9 Å². The summed E-state index contributed by atoms with van der Waals surface area (Å²) in [6.07, 6.45) is -5.95. The van der Waals surface area contributed by atoms with Crippen molar-refractivity contribution in [2.75, 3.05) is 19.8 Å². The minimum absolute atomic E-state index is 0.0154. The number of ether oxygens (including phenoxy) is 2. The first-order valence-corrected chi connectivity index (χ1v) is 10.1. The molecule has 33 heavy (non-hydrogen) atoms. The number of alkyl halides is 3. The quantitative estimate of drug-likeness (QED) is 0.421. The molecule has 2 aromatic rings. The molecular weight excluding hydrogens is 498 g/mol. The van der Waals surface area contributed by atoms with E-state index >= 15 is 0 Å². The second-order valence-electron chi connectivity index (χ2n) is 6.72. The van der Waals surface area contributed by atoms with Gasteiger partial charge < -0.3 is 19.6 Å². The highest BCUT2D eigenvalue weighted by atomic mass is 35.5. The molecule has 180 valence electrons. The molecule has 16 heteroatoms. The molecule has 2 amide bonds. The molecule has 0 saturated carbocycles. The summed E-state index contributed by atoms with van der Waals surface area (Å²) >= 11 is 11.6. The van der Waals surface area contributed by atoms with Crippen LogP contribution in [0.15, 0.2) is 16.5 Å². The van der Waals surface area contributed by atoms with Gasteiger partial charge in [-0.15, -0.1) is 18.3 Å². The summed E-state index contributed by atoms with van der Waals surface area (Å²) in [5, 5.41) is 19.7. The number of carboxylic acid groups (broad SMARTS) is 1. The number of likely N-dealkylation sites (tertiary alicyclic amines) is 1. The van der Waals surface area contributed by atoms with Gasteiger partial charge in [0.2, 0.25) is 5.89 Å². The molecule has 1 aliphatic rings. The number of pyridine rings is 1. The molecule has 2 atom stereocenters. The summed E-state index contributed by atoms with van der Waals surface area (Å²) in [4.78, 5) is 29.0. The molecule has 3 heterocycles. The molecule has 1 aliphatic heterocycles. The van der Waals surface area contributed by atoms with Crippen molar-refractivity contribution in [2.45, 2.75) is 31.3 Å². The van der Waals surface area contributed by atoms with Gasteiger partial charge in [-0.05, 0) is 25.0 Å². The Morgan fingerprint density at radius 2 is 2.00 bits per heavy atom. The van der Waals surface area contributed by atoms with Gasteiger partial charge in [0.15, 0.2) is 0 Å². The Morgan fingerprint density at radius 3 is 2.67 bits per heavy atom. The molecule has 0 aromatic carbocycles. The summed E-state index contributed by atoms with van der Waals surface area (Å²) in [6, 6.07) is 1.41. The van der Waals surface area contributed by atoms with Crippen LogP contribution in [0.3, 0.4) is 0 Å². The van der Waals surface area contributed by atoms with Crippen LogP contribution in [0.4, 0.5) is 18.0 Å².